The van der Waals surface area contributed by atoms with E-state index in [4.69, 9.17) is 16.9 Å². The number of nitrogens with one attached hydrogen (secondary N) is 1. The molecule has 8 heteroatoms. The average molecular weight is 325 g/mol. The molecule has 0 aliphatic heterocycles. The summed E-state index contributed by atoms with van der Waals surface area (Å²) < 4.78 is 28.6. The van der Waals surface area contributed by atoms with Crippen LogP contribution in [-0.2, 0) is 16.6 Å². The minimum absolute atomic E-state index is 0.0224. The lowest BCUT2D eigenvalue weighted by Gasteiger charge is -2.08. The summed E-state index contributed by atoms with van der Waals surface area (Å²) in [7, 11) is -3.67. The molecule has 0 bridgehead atoms. The molecular formula is C13H13ClN4O2S. The van der Waals surface area contributed by atoms with Gasteiger partial charge in [-0.25, -0.2) is 18.1 Å². The zero-order valence-electron chi connectivity index (χ0n) is 11.0. The van der Waals surface area contributed by atoms with Gasteiger partial charge in [0.05, 0.1) is 23.0 Å². The third-order valence-electron chi connectivity index (χ3n) is 2.79. The Morgan fingerprint density at radius 2 is 2.24 bits per heavy atom. The quantitative estimate of drug-likeness (QED) is 0.820. The van der Waals surface area contributed by atoms with Crippen molar-refractivity contribution < 1.29 is 8.42 Å². The molecule has 0 radical (unpaired) electrons. The fourth-order valence-electron chi connectivity index (χ4n) is 1.75. The first-order valence-electron chi connectivity index (χ1n) is 6.18. The molecule has 0 aliphatic carbocycles. The molecule has 0 spiro atoms. The minimum Gasteiger partial charge on any atom is -0.337 e. The summed E-state index contributed by atoms with van der Waals surface area (Å²) >= 11 is 5.90. The normalized spacial score (nSPS) is 11.2. The SMILES string of the molecule is N#Cc1ccc(S(=O)(=O)NCCCn2ccnc2)c(Cl)c1. The highest BCUT2D eigenvalue weighted by Crippen LogP contribution is 2.22. The second-order valence-electron chi connectivity index (χ2n) is 4.31. The van der Waals surface area contributed by atoms with Crippen LogP contribution in [0.3, 0.4) is 0 Å². The highest BCUT2D eigenvalue weighted by molar-refractivity contribution is 7.89. The Hall–Kier alpha value is -1.88. The Labute approximate surface area is 128 Å². The topological polar surface area (TPSA) is 87.8 Å². The number of imidazole rings is 1. The number of nitrogens with zero attached hydrogens (tertiary/aromatic N) is 3. The summed E-state index contributed by atoms with van der Waals surface area (Å²) in [5.41, 5.74) is 0.319. The monoisotopic (exact) mass is 324 g/mol. The van der Waals surface area contributed by atoms with E-state index in [2.05, 4.69) is 9.71 Å². The van der Waals surface area contributed by atoms with Gasteiger partial charge in [0.1, 0.15) is 4.90 Å². The number of hydrogen-bond acceptors (Lipinski definition) is 4. The van der Waals surface area contributed by atoms with E-state index in [1.165, 1.54) is 18.2 Å². The Kier molecular flexibility index (Phi) is 4.96. The van der Waals surface area contributed by atoms with Gasteiger partial charge in [-0.15, -0.1) is 0 Å². The average Bonchev–Trinajstić information content (AvgIpc) is 2.96. The highest BCUT2D eigenvalue weighted by Gasteiger charge is 2.17. The predicted molar refractivity (Wildman–Crippen MR) is 78.2 cm³/mol. The molecule has 0 fully saturated rings. The van der Waals surface area contributed by atoms with Crippen LogP contribution in [0.5, 0.6) is 0 Å². The van der Waals surface area contributed by atoms with Gasteiger partial charge in [0, 0.05) is 25.5 Å². The zero-order valence-corrected chi connectivity index (χ0v) is 12.6. The first kappa shape index (κ1) is 15.5. The van der Waals surface area contributed by atoms with E-state index in [9.17, 15) is 8.42 Å². The van der Waals surface area contributed by atoms with Gasteiger partial charge in [-0.2, -0.15) is 5.26 Å². The number of halogens is 1. The van der Waals surface area contributed by atoms with E-state index >= 15 is 0 Å². The summed E-state index contributed by atoms with van der Waals surface area (Å²) in [4.78, 5) is 3.88. The molecule has 110 valence electrons. The first-order chi connectivity index (χ1) is 10.0. The molecule has 1 aromatic carbocycles. The number of nitriles is 1. The summed E-state index contributed by atoms with van der Waals surface area (Å²) in [6.07, 6.45) is 5.78. The van der Waals surface area contributed by atoms with Crippen molar-refractivity contribution in [1.29, 1.82) is 5.26 Å². The minimum atomic E-state index is -3.67. The second kappa shape index (κ2) is 6.72. The maximum Gasteiger partial charge on any atom is 0.242 e. The third kappa shape index (κ3) is 4.04. The molecule has 2 aromatic rings. The van der Waals surface area contributed by atoms with Crippen LogP contribution in [0, 0.1) is 11.3 Å². The van der Waals surface area contributed by atoms with Crippen LogP contribution in [0.1, 0.15) is 12.0 Å². The van der Waals surface area contributed by atoms with Crippen LogP contribution in [0.4, 0.5) is 0 Å². The van der Waals surface area contributed by atoms with Gasteiger partial charge in [0.25, 0.3) is 0 Å². The molecule has 0 amide bonds. The number of benzene rings is 1. The number of hydrogen-bond donors (Lipinski definition) is 1. The van der Waals surface area contributed by atoms with Gasteiger partial charge in [-0.05, 0) is 24.6 Å². The van der Waals surface area contributed by atoms with Crippen LogP contribution in [0.15, 0.2) is 41.8 Å². The fourth-order valence-corrected chi connectivity index (χ4v) is 3.37. The Bertz CT molecular complexity index is 751. The van der Waals surface area contributed by atoms with Crippen molar-refractivity contribution in [3.63, 3.8) is 0 Å². The lowest BCUT2D eigenvalue weighted by Crippen LogP contribution is -2.25. The summed E-state index contributed by atoms with van der Waals surface area (Å²) in [6.45, 7) is 0.959. The van der Waals surface area contributed by atoms with Crippen LogP contribution >= 0.6 is 11.6 Å². The van der Waals surface area contributed by atoms with Gasteiger partial charge in [-0.3, -0.25) is 0 Å². The van der Waals surface area contributed by atoms with Crippen LogP contribution in [0.2, 0.25) is 5.02 Å². The Balaban J connectivity index is 1.97. The second-order valence-corrected chi connectivity index (χ2v) is 6.45. The third-order valence-corrected chi connectivity index (χ3v) is 4.74. The molecule has 1 heterocycles. The van der Waals surface area contributed by atoms with Gasteiger partial charge < -0.3 is 4.57 Å². The van der Waals surface area contributed by atoms with Crippen molar-refractivity contribution >= 4 is 21.6 Å². The van der Waals surface area contributed by atoms with E-state index in [0.717, 1.165) is 0 Å². The van der Waals surface area contributed by atoms with Crippen molar-refractivity contribution in [2.24, 2.45) is 0 Å². The van der Waals surface area contributed by atoms with Crippen LogP contribution in [0.25, 0.3) is 0 Å². The van der Waals surface area contributed by atoms with Crippen molar-refractivity contribution in [3.05, 3.63) is 47.5 Å². The number of rotatable bonds is 6. The van der Waals surface area contributed by atoms with E-state index < -0.39 is 10.0 Å². The van der Waals surface area contributed by atoms with Crippen molar-refractivity contribution in [3.8, 4) is 6.07 Å². The molecule has 6 nitrogen and oxygen atoms in total. The lowest BCUT2D eigenvalue weighted by molar-refractivity contribution is 0.570. The largest absolute Gasteiger partial charge is 0.337 e. The smallest absolute Gasteiger partial charge is 0.242 e. The zero-order chi connectivity index (χ0) is 15.3. The van der Waals surface area contributed by atoms with Gasteiger partial charge in [-0.1, -0.05) is 11.6 Å². The fraction of sp³-hybridized carbons (Fsp3) is 0.231. The van der Waals surface area contributed by atoms with Crippen LogP contribution in [-0.4, -0.2) is 24.5 Å². The van der Waals surface area contributed by atoms with E-state index in [-0.39, 0.29) is 16.5 Å². The summed E-state index contributed by atoms with van der Waals surface area (Å²) in [6, 6.07) is 6.00. The molecule has 2 rings (SSSR count). The number of sulfonamides is 1. The number of aryl methyl sites for hydroxylation is 1. The van der Waals surface area contributed by atoms with Gasteiger partial charge in [0.2, 0.25) is 10.0 Å². The van der Waals surface area contributed by atoms with Gasteiger partial charge in [0.15, 0.2) is 0 Å². The molecule has 0 atom stereocenters. The van der Waals surface area contributed by atoms with Crippen molar-refractivity contribution in [2.45, 2.75) is 17.9 Å². The molecule has 0 aliphatic rings. The van der Waals surface area contributed by atoms with Crippen molar-refractivity contribution in [2.75, 3.05) is 6.54 Å². The molecule has 0 saturated heterocycles. The highest BCUT2D eigenvalue weighted by atomic mass is 35.5. The molecule has 21 heavy (non-hydrogen) atoms. The lowest BCUT2D eigenvalue weighted by atomic mass is 10.2. The Morgan fingerprint density at radius 1 is 1.43 bits per heavy atom. The van der Waals surface area contributed by atoms with E-state index in [0.29, 0.717) is 18.5 Å². The van der Waals surface area contributed by atoms with E-state index in [1.807, 2.05) is 16.8 Å². The number of aromatic nitrogens is 2. The first-order valence-corrected chi connectivity index (χ1v) is 8.04. The molecular weight excluding hydrogens is 312 g/mol. The van der Waals surface area contributed by atoms with Crippen LogP contribution < -0.4 is 4.72 Å². The maximum atomic E-state index is 12.1. The van der Waals surface area contributed by atoms with Gasteiger partial charge >= 0.3 is 0 Å². The summed E-state index contributed by atoms with van der Waals surface area (Å²) in [5, 5.41) is 8.78. The molecule has 0 unspecified atom stereocenters. The maximum absolute atomic E-state index is 12.1. The molecule has 0 saturated carbocycles. The summed E-state index contributed by atoms with van der Waals surface area (Å²) in [5.74, 6) is 0. The standard InChI is InChI=1S/C13H13ClN4O2S/c14-12-8-11(9-15)2-3-13(12)21(19,20)17-4-1-6-18-7-5-16-10-18/h2-3,5,7-8,10,17H,1,4,6H2. The van der Waals surface area contributed by atoms with E-state index in [1.54, 1.807) is 12.5 Å². The van der Waals surface area contributed by atoms with Crippen molar-refractivity contribution in [1.82, 2.24) is 14.3 Å². The predicted octanol–water partition coefficient (Wildman–Crippen LogP) is 1.78. The molecule has 1 aromatic heterocycles. The Morgan fingerprint density at radius 3 is 2.86 bits per heavy atom. The molecule has 1 N–H and O–H groups in total.